The quantitative estimate of drug-likeness (QED) is 0.588. The normalized spacial score (nSPS) is 12.3. The molecule has 124 valence electrons. The molecule has 0 fully saturated rings. The van der Waals surface area contributed by atoms with Gasteiger partial charge >= 0.3 is 0 Å². The van der Waals surface area contributed by atoms with Crippen LogP contribution in [0.1, 0.15) is 38.8 Å². The number of thiocarbonyl (C=S) groups is 1. The largest absolute Gasteiger partial charge is 0.359 e. The Labute approximate surface area is 146 Å². The Morgan fingerprint density at radius 2 is 1.78 bits per heavy atom. The monoisotopic (exact) mass is 328 g/mol. The van der Waals surface area contributed by atoms with Crippen LogP contribution in [0.25, 0.3) is 0 Å². The van der Waals surface area contributed by atoms with E-state index in [0.29, 0.717) is 5.11 Å². The lowest BCUT2D eigenvalue weighted by Gasteiger charge is -2.19. The Morgan fingerprint density at radius 3 is 2.35 bits per heavy atom. The second-order valence-corrected chi connectivity index (χ2v) is 7.03. The first-order chi connectivity index (χ1) is 10.8. The third-order valence-corrected chi connectivity index (χ3v) is 3.72. The van der Waals surface area contributed by atoms with Gasteiger partial charge in [-0.25, -0.2) is 0 Å². The van der Waals surface area contributed by atoms with E-state index in [9.17, 15) is 0 Å². The highest BCUT2D eigenvalue weighted by Crippen LogP contribution is 2.22. The summed E-state index contributed by atoms with van der Waals surface area (Å²) < 4.78 is 0. The number of benzene rings is 1. The third-order valence-electron chi connectivity index (χ3n) is 3.43. The summed E-state index contributed by atoms with van der Waals surface area (Å²) in [5, 5.41) is 7.12. The molecular formula is C20H28N2S. The molecule has 0 amide bonds. The summed E-state index contributed by atoms with van der Waals surface area (Å²) >= 11 is 5.31. The number of hydrogen-bond acceptors (Lipinski definition) is 1. The lowest BCUT2D eigenvalue weighted by molar-refractivity contribution is 0.590. The highest BCUT2D eigenvalue weighted by Gasteiger charge is 2.12. The van der Waals surface area contributed by atoms with Crippen molar-refractivity contribution in [3.63, 3.8) is 0 Å². The van der Waals surface area contributed by atoms with E-state index in [2.05, 4.69) is 69.2 Å². The molecule has 1 rings (SSSR count). The molecule has 0 saturated heterocycles. The fourth-order valence-electron chi connectivity index (χ4n) is 1.94. The summed E-state index contributed by atoms with van der Waals surface area (Å²) in [6.07, 6.45) is 7.68. The van der Waals surface area contributed by atoms with Crippen LogP contribution in [0, 0.1) is 0 Å². The molecule has 0 spiro atoms. The standard InChI is InChI=1S/C20H28N2S/c1-6-7-8-9-16(2)14-21-19(23)22-15-17-10-12-18(13-11-17)20(3,4)5/h6-13H,1,14-15H2,2-5H3,(H2,21,22,23)/b8-7-,16-9+. The van der Waals surface area contributed by atoms with Crippen LogP contribution >= 0.6 is 12.2 Å². The Balaban J connectivity index is 2.40. The Morgan fingerprint density at radius 1 is 1.13 bits per heavy atom. The van der Waals surface area contributed by atoms with Crippen molar-refractivity contribution in [3.05, 3.63) is 71.8 Å². The van der Waals surface area contributed by atoms with Crippen molar-refractivity contribution in [2.75, 3.05) is 6.54 Å². The van der Waals surface area contributed by atoms with Crippen molar-refractivity contribution in [3.8, 4) is 0 Å². The molecule has 1 aromatic carbocycles. The van der Waals surface area contributed by atoms with Gasteiger partial charge in [0.15, 0.2) is 5.11 Å². The van der Waals surface area contributed by atoms with Gasteiger partial charge < -0.3 is 10.6 Å². The predicted molar refractivity (Wildman–Crippen MR) is 106 cm³/mol. The second kappa shape index (κ2) is 9.31. The molecule has 0 saturated carbocycles. The maximum Gasteiger partial charge on any atom is 0.166 e. The summed E-state index contributed by atoms with van der Waals surface area (Å²) in [6.45, 7) is 13.8. The Bertz CT molecular complexity index is 575. The minimum Gasteiger partial charge on any atom is -0.359 e. The number of nitrogens with one attached hydrogen (secondary N) is 2. The van der Waals surface area contributed by atoms with E-state index in [0.717, 1.165) is 13.1 Å². The van der Waals surface area contributed by atoms with E-state index >= 15 is 0 Å². The van der Waals surface area contributed by atoms with Gasteiger partial charge in [-0.3, -0.25) is 0 Å². The van der Waals surface area contributed by atoms with Gasteiger partial charge in [-0.05, 0) is 35.7 Å². The minimum atomic E-state index is 0.187. The zero-order chi connectivity index (χ0) is 17.3. The summed E-state index contributed by atoms with van der Waals surface area (Å²) in [5.41, 5.74) is 3.97. The first-order valence-corrected chi connectivity index (χ1v) is 8.29. The van der Waals surface area contributed by atoms with Crippen LogP contribution in [-0.2, 0) is 12.0 Å². The third kappa shape index (κ3) is 7.80. The van der Waals surface area contributed by atoms with E-state index in [-0.39, 0.29) is 5.41 Å². The van der Waals surface area contributed by atoms with Crippen LogP contribution < -0.4 is 10.6 Å². The summed E-state index contributed by atoms with van der Waals surface area (Å²) in [4.78, 5) is 0. The van der Waals surface area contributed by atoms with Gasteiger partial charge in [0.25, 0.3) is 0 Å². The van der Waals surface area contributed by atoms with E-state index in [1.54, 1.807) is 6.08 Å². The molecule has 1 aromatic rings. The molecule has 0 unspecified atom stereocenters. The average Bonchev–Trinajstić information content (AvgIpc) is 2.50. The summed E-state index contributed by atoms with van der Waals surface area (Å²) in [5.74, 6) is 0. The fourth-order valence-corrected chi connectivity index (χ4v) is 2.09. The lowest BCUT2D eigenvalue weighted by Crippen LogP contribution is -2.35. The van der Waals surface area contributed by atoms with Crippen LogP contribution in [0.2, 0.25) is 0 Å². The molecule has 0 bridgehead atoms. The van der Waals surface area contributed by atoms with Gasteiger partial charge in [0.1, 0.15) is 0 Å². The predicted octanol–water partition coefficient (Wildman–Crippen LogP) is 4.64. The molecule has 0 aliphatic carbocycles. The van der Waals surface area contributed by atoms with Crippen LogP contribution in [0.15, 0.2) is 60.7 Å². The Hall–Kier alpha value is -1.87. The molecule has 2 nitrogen and oxygen atoms in total. The smallest absolute Gasteiger partial charge is 0.166 e. The Kier molecular flexibility index (Phi) is 7.76. The maximum absolute atomic E-state index is 5.31. The molecular weight excluding hydrogens is 300 g/mol. The average molecular weight is 329 g/mol. The lowest BCUT2D eigenvalue weighted by atomic mass is 9.87. The van der Waals surface area contributed by atoms with Gasteiger partial charge in [0.2, 0.25) is 0 Å². The van der Waals surface area contributed by atoms with E-state index in [4.69, 9.17) is 12.2 Å². The highest BCUT2D eigenvalue weighted by molar-refractivity contribution is 7.80. The maximum atomic E-state index is 5.31. The van der Waals surface area contributed by atoms with Crippen LogP contribution in [0.5, 0.6) is 0 Å². The van der Waals surface area contributed by atoms with Crippen molar-refractivity contribution >= 4 is 17.3 Å². The van der Waals surface area contributed by atoms with Gasteiger partial charge in [0.05, 0.1) is 0 Å². The van der Waals surface area contributed by atoms with Gasteiger partial charge in [-0.15, -0.1) is 0 Å². The fraction of sp³-hybridized carbons (Fsp3) is 0.350. The highest BCUT2D eigenvalue weighted by atomic mass is 32.1. The van der Waals surface area contributed by atoms with Crippen molar-refractivity contribution in [2.24, 2.45) is 0 Å². The first-order valence-electron chi connectivity index (χ1n) is 7.89. The minimum absolute atomic E-state index is 0.187. The first kappa shape index (κ1) is 19.2. The SMILES string of the molecule is C=C/C=C\C=C(/C)CNC(=S)NCc1ccc(C(C)(C)C)cc1. The molecule has 2 N–H and O–H groups in total. The van der Waals surface area contributed by atoms with Crippen LogP contribution in [0.4, 0.5) is 0 Å². The molecule has 0 radical (unpaired) electrons. The van der Waals surface area contributed by atoms with Crippen molar-refractivity contribution < 1.29 is 0 Å². The van der Waals surface area contributed by atoms with E-state index in [1.807, 2.05) is 18.2 Å². The molecule has 23 heavy (non-hydrogen) atoms. The molecule has 3 heteroatoms. The zero-order valence-electron chi connectivity index (χ0n) is 14.6. The molecule has 0 aliphatic heterocycles. The molecule has 0 aliphatic rings. The van der Waals surface area contributed by atoms with E-state index in [1.165, 1.54) is 16.7 Å². The second-order valence-electron chi connectivity index (χ2n) is 6.62. The van der Waals surface area contributed by atoms with Gasteiger partial charge in [-0.1, -0.05) is 81.5 Å². The molecule has 0 atom stereocenters. The van der Waals surface area contributed by atoms with Crippen molar-refractivity contribution in [2.45, 2.75) is 39.7 Å². The zero-order valence-corrected chi connectivity index (χ0v) is 15.5. The molecule has 0 aromatic heterocycles. The topological polar surface area (TPSA) is 24.1 Å². The number of hydrogen-bond donors (Lipinski definition) is 2. The summed E-state index contributed by atoms with van der Waals surface area (Å²) in [7, 11) is 0. The van der Waals surface area contributed by atoms with Crippen molar-refractivity contribution in [1.29, 1.82) is 0 Å². The van der Waals surface area contributed by atoms with Crippen LogP contribution in [0.3, 0.4) is 0 Å². The summed E-state index contributed by atoms with van der Waals surface area (Å²) in [6, 6.07) is 8.68. The number of rotatable bonds is 6. The van der Waals surface area contributed by atoms with Crippen molar-refractivity contribution in [1.82, 2.24) is 10.6 Å². The van der Waals surface area contributed by atoms with E-state index < -0.39 is 0 Å². The van der Waals surface area contributed by atoms with Gasteiger partial charge in [0, 0.05) is 13.1 Å². The molecule has 0 heterocycles. The van der Waals surface area contributed by atoms with Gasteiger partial charge in [-0.2, -0.15) is 0 Å². The number of allylic oxidation sites excluding steroid dienone is 4. The van der Waals surface area contributed by atoms with Crippen LogP contribution in [-0.4, -0.2) is 11.7 Å².